The predicted octanol–water partition coefficient (Wildman–Crippen LogP) is 3.22. The van der Waals surface area contributed by atoms with E-state index in [0.717, 1.165) is 36.1 Å². The molecule has 0 bridgehead atoms. The molecule has 0 saturated carbocycles. The molecule has 4 N–H and O–H groups in total. The molecule has 0 spiro atoms. The van der Waals surface area contributed by atoms with Crippen LogP contribution in [0.1, 0.15) is 18.4 Å². The minimum Gasteiger partial charge on any atom is -0.489 e. The molecule has 0 amide bonds. The number of nitrogens with zero attached hydrogens (tertiary/aromatic N) is 5. The van der Waals surface area contributed by atoms with E-state index in [1.165, 1.54) is 12.8 Å². The van der Waals surface area contributed by atoms with Crippen molar-refractivity contribution in [2.24, 2.45) is 0 Å². The third-order valence-electron chi connectivity index (χ3n) is 5.70. The first kappa shape index (κ1) is 21.1. The van der Waals surface area contributed by atoms with Crippen LogP contribution in [0.2, 0.25) is 0 Å². The summed E-state index contributed by atoms with van der Waals surface area (Å²) in [6, 6.07) is 10.8. The van der Waals surface area contributed by atoms with Crippen LogP contribution in [0.4, 0.5) is 16.3 Å². The average Bonchev–Trinajstić information content (AvgIpc) is 3.50. The van der Waals surface area contributed by atoms with E-state index in [2.05, 4.69) is 35.4 Å². The highest BCUT2D eigenvalue weighted by atomic mass is 19.1. The third-order valence-corrected chi connectivity index (χ3v) is 5.70. The van der Waals surface area contributed by atoms with Crippen LogP contribution in [-0.2, 0) is 6.54 Å². The first-order chi connectivity index (χ1) is 16.2. The van der Waals surface area contributed by atoms with Crippen LogP contribution in [-0.4, -0.2) is 56.3 Å². The second-order valence-corrected chi connectivity index (χ2v) is 7.99. The molecule has 1 fully saturated rings. The lowest BCUT2D eigenvalue weighted by molar-refractivity contribution is 0.230. The van der Waals surface area contributed by atoms with Gasteiger partial charge in [-0.05, 0) is 38.1 Å². The fourth-order valence-corrected chi connectivity index (χ4v) is 3.95. The Morgan fingerprint density at radius 3 is 2.88 bits per heavy atom. The zero-order valence-electron chi connectivity index (χ0n) is 18.1. The van der Waals surface area contributed by atoms with Gasteiger partial charge >= 0.3 is 0 Å². The molecular formula is C23H25FN8O. The number of benzene rings is 2. The summed E-state index contributed by atoms with van der Waals surface area (Å²) in [5, 5.41) is 11.0. The molecule has 2 aromatic carbocycles. The SMILES string of the molecule is Nc1nc(NCc2cccc(OCCN3CCCC3)c2F)nc(-c2ccc3cn[nH]c3c2)n1. The van der Waals surface area contributed by atoms with Gasteiger partial charge in [0.15, 0.2) is 17.4 Å². The van der Waals surface area contributed by atoms with E-state index in [1.54, 1.807) is 24.4 Å². The van der Waals surface area contributed by atoms with E-state index in [4.69, 9.17) is 10.5 Å². The van der Waals surface area contributed by atoms with Crippen molar-refractivity contribution < 1.29 is 9.13 Å². The topological polar surface area (TPSA) is 118 Å². The lowest BCUT2D eigenvalue weighted by Gasteiger charge is -2.16. The minimum atomic E-state index is -0.390. The zero-order chi connectivity index (χ0) is 22.6. The van der Waals surface area contributed by atoms with Crippen molar-refractivity contribution in [2.45, 2.75) is 19.4 Å². The molecule has 0 atom stereocenters. The summed E-state index contributed by atoms with van der Waals surface area (Å²) >= 11 is 0. The summed E-state index contributed by atoms with van der Waals surface area (Å²) in [4.78, 5) is 15.1. The quantitative estimate of drug-likeness (QED) is 0.376. The van der Waals surface area contributed by atoms with E-state index in [0.29, 0.717) is 18.0 Å². The number of nitrogens with one attached hydrogen (secondary N) is 2. The number of aromatic amines is 1. The number of fused-ring (bicyclic) bond motifs is 1. The van der Waals surface area contributed by atoms with E-state index < -0.39 is 5.82 Å². The van der Waals surface area contributed by atoms with Crippen molar-refractivity contribution in [3.63, 3.8) is 0 Å². The molecule has 10 heteroatoms. The Bertz CT molecular complexity index is 1250. The maximum Gasteiger partial charge on any atom is 0.228 e. The minimum absolute atomic E-state index is 0.0756. The second kappa shape index (κ2) is 9.37. The second-order valence-electron chi connectivity index (χ2n) is 7.99. The van der Waals surface area contributed by atoms with Gasteiger partial charge in [0.05, 0.1) is 11.7 Å². The highest BCUT2D eigenvalue weighted by Gasteiger charge is 2.14. The van der Waals surface area contributed by atoms with Gasteiger partial charge < -0.3 is 15.8 Å². The average molecular weight is 449 g/mol. The molecule has 3 heterocycles. The molecular weight excluding hydrogens is 423 g/mol. The van der Waals surface area contributed by atoms with Gasteiger partial charge in [-0.25, -0.2) is 4.39 Å². The van der Waals surface area contributed by atoms with Crippen LogP contribution in [0.25, 0.3) is 22.3 Å². The predicted molar refractivity (Wildman–Crippen MR) is 124 cm³/mol. The number of halogens is 1. The molecule has 0 aliphatic carbocycles. The number of nitrogens with two attached hydrogens (primary N) is 1. The van der Waals surface area contributed by atoms with Gasteiger partial charge in [0.2, 0.25) is 11.9 Å². The summed E-state index contributed by atoms with van der Waals surface area (Å²) in [7, 11) is 0. The van der Waals surface area contributed by atoms with Crippen LogP contribution in [0.5, 0.6) is 5.75 Å². The van der Waals surface area contributed by atoms with Crippen molar-refractivity contribution in [1.29, 1.82) is 0 Å². The molecule has 0 radical (unpaired) electrons. The van der Waals surface area contributed by atoms with Gasteiger partial charge in [-0.3, -0.25) is 10.00 Å². The number of H-pyrrole nitrogens is 1. The van der Waals surface area contributed by atoms with E-state index >= 15 is 0 Å². The Labute approximate surface area is 190 Å². The Hall–Kier alpha value is -3.79. The van der Waals surface area contributed by atoms with Gasteiger partial charge in [0, 0.05) is 29.6 Å². The maximum absolute atomic E-state index is 15.0. The lowest BCUT2D eigenvalue weighted by atomic mass is 10.1. The van der Waals surface area contributed by atoms with Crippen LogP contribution in [0.3, 0.4) is 0 Å². The number of rotatable bonds is 8. The Balaban J connectivity index is 1.27. The van der Waals surface area contributed by atoms with E-state index in [-0.39, 0.29) is 24.2 Å². The highest BCUT2D eigenvalue weighted by molar-refractivity contribution is 5.82. The summed E-state index contributed by atoms with van der Waals surface area (Å²) in [6.07, 6.45) is 4.18. The molecule has 170 valence electrons. The molecule has 2 aromatic heterocycles. The van der Waals surface area contributed by atoms with E-state index in [9.17, 15) is 4.39 Å². The van der Waals surface area contributed by atoms with Crippen LogP contribution >= 0.6 is 0 Å². The van der Waals surface area contributed by atoms with Gasteiger partial charge in [-0.1, -0.05) is 24.3 Å². The fourth-order valence-electron chi connectivity index (χ4n) is 3.95. The first-order valence-electron chi connectivity index (χ1n) is 11.0. The number of likely N-dealkylation sites (tertiary alicyclic amines) is 1. The number of ether oxygens (including phenoxy) is 1. The Morgan fingerprint density at radius 1 is 1.12 bits per heavy atom. The van der Waals surface area contributed by atoms with Crippen LogP contribution in [0.15, 0.2) is 42.6 Å². The monoisotopic (exact) mass is 448 g/mol. The zero-order valence-corrected chi connectivity index (χ0v) is 18.1. The van der Waals surface area contributed by atoms with Gasteiger partial charge in [-0.2, -0.15) is 20.1 Å². The smallest absolute Gasteiger partial charge is 0.228 e. The molecule has 33 heavy (non-hydrogen) atoms. The summed E-state index contributed by atoms with van der Waals surface area (Å²) in [5.74, 6) is 0.616. The number of anilines is 2. The van der Waals surface area contributed by atoms with Crippen molar-refractivity contribution in [3.8, 4) is 17.1 Å². The van der Waals surface area contributed by atoms with E-state index in [1.807, 2.05) is 18.2 Å². The standard InChI is InChI=1S/C23H25FN8O/c24-20-17(4-3-5-19(20)33-11-10-32-8-1-2-9-32)13-26-23-29-21(28-22(25)30-23)15-6-7-16-14-27-31-18(16)12-15/h3-7,12,14H,1-2,8-11,13H2,(H,27,31)(H3,25,26,28,29,30). The molecule has 9 nitrogen and oxygen atoms in total. The number of aromatic nitrogens is 5. The maximum atomic E-state index is 15.0. The van der Waals surface area contributed by atoms with Gasteiger partial charge in [0.1, 0.15) is 6.61 Å². The third kappa shape index (κ3) is 4.85. The van der Waals surface area contributed by atoms with Crippen LogP contribution in [0, 0.1) is 5.82 Å². The Morgan fingerprint density at radius 2 is 2.00 bits per heavy atom. The molecule has 5 rings (SSSR count). The normalized spacial score (nSPS) is 14.1. The Kier molecular flexibility index (Phi) is 5.99. The number of nitrogen functional groups attached to an aromatic ring is 1. The van der Waals surface area contributed by atoms with Crippen molar-refractivity contribution in [1.82, 2.24) is 30.0 Å². The summed E-state index contributed by atoms with van der Waals surface area (Å²) in [6.45, 7) is 3.61. The lowest BCUT2D eigenvalue weighted by Crippen LogP contribution is -2.25. The molecule has 4 aromatic rings. The van der Waals surface area contributed by atoms with Crippen molar-refractivity contribution >= 4 is 22.8 Å². The summed E-state index contributed by atoms with van der Waals surface area (Å²) in [5.41, 5.74) is 7.98. The van der Waals surface area contributed by atoms with Gasteiger partial charge in [-0.15, -0.1) is 0 Å². The van der Waals surface area contributed by atoms with Crippen LogP contribution < -0.4 is 15.8 Å². The van der Waals surface area contributed by atoms with Crippen molar-refractivity contribution in [2.75, 3.05) is 37.3 Å². The van der Waals surface area contributed by atoms with Gasteiger partial charge in [0.25, 0.3) is 0 Å². The van der Waals surface area contributed by atoms with Crippen molar-refractivity contribution in [3.05, 3.63) is 54.0 Å². The fraction of sp³-hybridized carbons (Fsp3) is 0.304. The molecule has 1 aliphatic rings. The number of hydrogen-bond acceptors (Lipinski definition) is 8. The first-order valence-corrected chi connectivity index (χ1v) is 11.0. The number of hydrogen-bond donors (Lipinski definition) is 3. The molecule has 1 aliphatic heterocycles. The molecule has 1 saturated heterocycles. The highest BCUT2D eigenvalue weighted by Crippen LogP contribution is 2.23. The largest absolute Gasteiger partial charge is 0.489 e. The summed E-state index contributed by atoms with van der Waals surface area (Å²) < 4.78 is 20.7. The molecule has 0 unspecified atom stereocenters.